The van der Waals surface area contributed by atoms with Crippen LogP contribution in [-0.2, 0) is 4.74 Å². The van der Waals surface area contributed by atoms with E-state index in [2.05, 4.69) is 19.9 Å². The fourth-order valence-corrected chi connectivity index (χ4v) is 6.01. The molecular weight excluding hydrogens is 590 g/mol. The van der Waals surface area contributed by atoms with Crippen LogP contribution in [0.25, 0.3) is 32.9 Å². The van der Waals surface area contributed by atoms with Crippen LogP contribution >= 0.6 is 11.6 Å². The number of fused-ring (bicyclic) bond motifs is 2. The SMILES string of the molecule is CN(C(=O)OC(C)(C)C)C1CN(c2nc(OC[C@@H]3CCCN3C)nc3c(F)c(-c4cccc5ccc(F)c(Cl)c45)ncc23)C1. The summed E-state index contributed by atoms with van der Waals surface area (Å²) in [6, 6.07) is 8.20. The third-order valence-corrected chi connectivity index (χ3v) is 8.67. The molecule has 9 nitrogen and oxygen atoms in total. The summed E-state index contributed by atoms with van der Waals surface area (Å²) in [4.78, 5) is 32.0. The molecule has 44 heavy (non-hydrogen) atoms. The molecule has 12 heteroatoms. The summed E-state index contributed by atoms with van der Waals surface area (Å²) in [6.45, 7) is 7.72. The van der Waals surface area contributed by atoms with E-state index in [9.17, 15) is 9.18 Å². The number of nitrogens with zero attached hydrogens (tertiary/aromatic N) is 6. The van der Waals surface area contributed by atoms with Crippen LogP contribution in [0.3, 0.4) is 0 Å². The normalized spacial score (nSPS) is 17.7. The van der Waals surface area contributed by atoms with Gasteiger partial charge in [-0.2, -0.15) is 9.97 Å². The third-order valence-electron chi connectivity index (χ3n) is 8.30. The lowest BCUT2D eigenvalue weighted by Crippen LogP contribution is -2.60. The molecule has 232 valence electrons. The Balaban J connectivity index is 1.38. The van der Waals surface area contributed by atoms with Crippen molar-refractivity contribution in [3.8, 4) is 17.3 Å². The van der Waals surface area contributed by atoms with Crippen molar-refractivity contribution in [2.75, 3.05) is 45.2 Å². The first-order chi connectivity index (χ1) is 20.9. The number of halogens is 3. The summed E-state index contributed by atoms with van der Waals surface area (Å²) < 4.78 is 42.6. The Bertz CT molecular complexity index is 1740. The molecule has 0 aliphatic carbocycles. The number of hydrogen-bond donors (Lipinski definition) is 0. The molecular formula is C32H35ClF2N6O3. The van der Waals surface area contributed by atoms with Gasteiger partial charge in [0.05, 0.1) is 16.5 Å². The van der Waals surface area contributed by atoms with Crippen LogP contribution in [0.5, 0.6) is 6.01 Å². The topological polar surface area (TPSA) is 83.9 Å². The van der Waals surface area contributed by atoms with E-state index in [0.717, 1.165) is 19.4 Å². The molecule has 4 heterocycles. The summed E-state index contributed by atoms with van der Waals surface area (Å²) in [7, 11) is 3.75. The summed E-state index contributed by atoms with van der Waals surface area (Å²) in [5, 5.41) is 1.32. The molecule has 2 aliphatic rings. The molecule has 2 aromatic heterocycles. The van der Waals surface area contributed by atoms with E-state index >= 15 is 4.39 Å². The van der Waals surface area contributed by atoms with Crippen molar-refractivity contribution in [2.45, 2.75) is 51.3 Å². The minimum atomic E-state index is -0.690. The molecule has 1 atom stereocenters. The van der Waals surface area contributed by atoms with Crippen LogP contribution in [-0.4, -0.2) is 88.9 Å². The zero-order valence-corrected chi connectivity index (χ0v) is 26.2. The highest BCUT2D eigenvalue weighted by Crippen LogP contribution is 2.39. The largest absolute Gasteiger partial charge is 0.462 e. The van der Waals surface area contributed by atoms with E-state index in [1.54, 1.807) is 36.2 Å². The average Bonchev–Trinajstić information content (AvgIpc) is 3.36. The molecule has 1 amide bonds. The van der Waals surface area contributed by atoms with Gasteiger partial charge in [0.25, 0.3) is 0 Å². The Kier molecular flexibility index (Phi) is 7.96. The number of aromatic nitrogens is 3. The monoisotopic (exact) mass is 624 g/mol. The fourth-order valence-electron chi connectivity index (χ4n) is 5.74. The van der Waals surface area contributed by atoms with Crippen molar-refractivity contribution in [1.29, 1.82) is 0 Å². The minimum Gasteiger partial charge on any atom is -0.462 e. The number of pyridine rings is 1. The number of carbonyl (C=O) groups is 1. The van der Waals surface area contributed by atoms with Gasteiger partial charge >= 0.3 is 12.1 Å². The van der Waals surface area contributed by atoms with Gasteiger partial charge in [-0.25, -0.2) is 13.6 Å². The molecule has 2 aromatic carbocycles. The molecule has 0 unspecified atom stereocenters. The zero-order chi connectivity index (χ0) is 31.3. The van der Waals surface area contributed by atoms with Gasteiger partial charge in [-0.1, -0.05) is 35.9 Å². The predicted molar refractivity (Wildman–Crippen MR) is 166 cm³/mol. The first-order valence-corrected chi connectivity index (χ1v) is 15.1. The van der Waals surface area contributed by atoms with Crippen molar-refractivity contribution >= 4 is 45.2 Å². The van der Waals surface area contributed by atoms with E-state index in [0.29, 0.717) is 47.2 Å². The molecule has 6 rings (SSSR count). The second kappa shape index (κ2) is 11.6. The van der Waals surface area contributed by atoms with Gasteiger partial charge in [0.15, 0.2) is 5.82 Å². The number of likely N-dealkylation sites (tertiary alicyclic amines) is 1. The summed E-state index contributed by atoms with van der Waals surface area (Å²) in [6.07, 6.45) is 3.17. The molecule has 0 bridgehead atoms. The van der Waals surface area contributed by atoms with Gasteiger partial charge in [0.2, 0.25) is 0 Å². The molecule has 2 aliphatic heterocycles. The average molecular weight is 625 g/mol. The maximum Gasteiger partial charge on any atom is 0.410 e. The van der Waals surface area contributed by atoms with Crippen LogP contribution in [0.4, 0.5) is 19.4 Å². The number of rotatable bonds is 6. The Morgan fingerprint density at radius 1 is 1.16 bits per heavy atom. The molecule has 0 saturated carbocycles. The van der Waals surface area contributed by atoms with Gasteiger partial charge in [-0.05, 0) is 58.7 Å². The summed E-state index contributed by atoms with van der Waals surface area (Å²) in [5.74, 6) is -0.836. The van der Waals surface area contributed by atoms with Crippen LogP contribution in [0, 0.1) is 11.6 Å². The molecule has 0 N–H and O–H groups in total. The molecule has 0 spiro atoms. The van der Waals surface area contributed by atoms with Crippen LogP contribution in [0.2, 0.25) is 5.02 Å². The second-order valence-electron chi connectivity index (χ2n) is 12.5. The number of ether oxygens (including phenoxy) is 2. The summed E-state index contributed by atoms with van der Waals surface area (Å²) >= 11 is 6.36. The van der Waals surface area contributed by atoms with E-state index in [4.69, 9.17) is 21.1 Å². The van der Waals surface area contributed by atoms with E-state index in [1.807, 2.05) is 32.7 Å². The number of carbonyl (C=O) groups excluding carboxylic acids is 1. The quantitative estimate of drug-likeness (QED) is 0.247. The van der Waals surface area contributed by atoms with Crippen LogP contribution in [0.1, 0.15) is 33.6 Å². The highest BCUT2D eigenvalue weighted by atomic mass is 35.5. The maximum atomic E-state index is 16.5. The zero-order valence-electron chi connectivity index (χ0n) is 25.4. The van der Waals surface area contributed by atoms with E-state index in [-0.39, 0.29) is 34.3 Å². The van der Waals surface area contributed by atoms with Gasteiger partial charge in [0.1, 0.15) is 35.1 Å². The lowest BCUT2D eigenvalue weighted by atomic mass is 10.0. The van der Waals surface area contributed by atoms with Crippen molar-refractivity contribution in [3.05, 3.63) is 53.2 Å². The lowest BCUT2D eigenvalue weighted by molar-refractivity contribution is 0.0196. The van der Waals surface area contributed by atoms with Gasteiger partial charge in [0, 0.05) is 43.3 Å². The molecule has 2 fully saturated rings. The first-order valence-electron chi connectivity index (χ1n) is 14.7. The Labute approximate surface area is 259 Å². The van der Waals surface area contributed by atoms with Crippen molar-refractivity contribution in [1.82, 2.24) is 24.8 Å². The molecule has 0 radical (unpaired) electrons. The number of hydrogen-bond acceptors (Lipinski definition) is 8. The highest BCUT2D eigenvalue weighted by molar-refractivity contribution is 6.36. The smallest absolute Gasteiger partial charge is 0.410 e. The van der Waals surface area contributed by atoms with Crippen molar-refractivity contribution < 1.29 is 23.0 Å². The Hall–Kier alpha value is -3.83. The van der Waals surface area contributed by atoms with Crippen LogP contribution in [0.15, 0.2) is 36.5 Å². The minimum absolute atomic E-state index is 0.00660. The van der Waals surface area contributed by atoms with Gasteiger partial charge in [-0.3, -0.25) is 4.98 Å². The standard InChI is InChI=1S/C32H35ClF2N6O3/c1-32(2,3)44-31(42)40(5)20-15-41(16-20)29-22-14-36-27(21-10-6-8-18-11-12-23(34)25(33)24(18)21)26(35)28(22)37-30(38-29)43-17-19-9-7-13-39(19)4/h6,8,10-12,14,19-20H,7,9,13,15-17H2,1-5H3/t19-/m0/s1. The third kappa shape index (κ3) is 5.70. The number of amides is 1. The summed E-state index contributed by atoms with van der Waals surface area (Å²) in [5.41, 5.74) is -0.237. The fraction of sp³-hybridized carbons (Fsp3) is 0.438. The Morgan fingerprint density at radius 3 is 2.64 bits per heavy atom. The number of anilines is 1. The number of benzene rings is 2. The highest BCUT2D eigenvalue weighted by Gasteiger charge is 2.37. The van der Waals surface area contributed by atoms with Crippen molar-refractivity contribution in [2.24, 2.45) is 0 Å². The van der Waals surface area contributed by atoms with Crippen molar-refractivity contribution in [3.63, 3.8) is 0 Å². The first kappa shape index (κ1) is 30.2. The van der Waals surface area contributed by atoms with E-state index in [1.165, 1.54) is 12.3 Å². The lowest BCUT2D eigenvalue weighted by Gasteiger charge is -2.44. The predicted octanol–water partition coefficient (Wildman–Crippen LogP) is 6.31. The molecule has 4 aromatic rings. The Morgan fingerprint density at radius 2 is 1.93 bits per heavy atom. The maximum absolute atomic E-state index is 16.5. The van der Waals surface area contributed by atoms with Crippen LogP contribution < -0.4 is 9.64 Å². The van der Waals surface area contributed by atoms with E-state index < -0.39 is 23.3 Å². The van der Waals surface area contributed by atoms with Gasteiger partial charge in [-0.15, -0.1) is 0 Å². The van der Waals surface area contributed by atoms with Gasteiger partial charge < -0.3 is 24.2 Å². The second-order valence-corrected chi connectivity index (χ2v) is 12.9. The molecule has 2 saturated heterocycles. The number of likely N-dealkylation sites (N-methyl/N-ethyl adjacent to an activating group) is 2.